The Bertz CT molecular complexity index is 686. The van der Waals surface area contributed by atoms with Gasteiger partial charge in [0.1, 0.15) is 5.75 Å². The highest BCUT2D eigenvalue weighted by Crippen LogP contribution is 2.19. The number of amides is 2. The minimum absolute atomic E-state index is 0.0317. The van der Waals surface area contributed by atoms with E-state index >= 15 is 0 Å². The first-order valence-electron chi connectivity index (χ1n) is 6.20. The number of carbonyl (C=O) groups is 1. The molecule has 108 valence electrons. The van der Waals surface area contributed by atoms with E-state index in [1.807, 2.05) is 25.1 Å². The summed E-state index contributed by atoms with van der Waals surface area (Å²) in [6.45, 7) is 1.89. The monoisotopic (exact) mass is 303 g/mol. The molecule has 6 heteroatoms. The second kappa shape index (κ2) is 6.76. The molecule has 0 unspecified atom stereocenters. The smallest absolute Gasteiger partial charge is 0.339 e. The van der Waals surface area contributed by atoms with Crippen LogP contribution in [0.25, 0.3) is 0 Å². The maximum atomic E-state index is 11.7. The van der Waals surface area contributed by atoms with Crippen molar-refractivity contribution in [3.05, 3.63) is 58.6 Å². The fourth-order valence-corrected chi connectivity index (χ4v) is 1.83. The number of urea groups is 1. The van der Waals surface area contributed by atoms with Crippen molar-refractivity contribution in [2.45, 2.75) is 6.92 Å². The minimum Gasteiger partial charge on any atom is -0.507 e. The number of phenolic OH excluding ortho intramolecular Hbond substituents is 1. The summed E-state index contributed by atoms with van der Waals surface area (Å²) < 4.78 is 0. The van der Waals surface area contributed by atoms with Crippen molar-refractivity contribution in [2.24, 2.45) is 5.10 Å². The summed E-state index contributed by atoms with van der Waals surface area (Å²) in [5.74, 6) is 0.0317. The average Bonchev–Trinajstić information content (AvgIpc) is 2.45. The zero-order chi connectivity index (χ0) is 15.2. The van der Waals surface area contributed by atoms with E-state index in [0.717, 1.165) is 5.56 Å². The van der Waals surface area contributed by atoms with Gasteiger partial charge in [0.25, 0.3) is 0 Å². The van der Waals surface area contributed by atoms with Crippen molar-refractivity contribution < 1.29 is 9.90 Å². The number of aryl methyl sites for hydroxylation is 1. The number of anilines is 1. The lowest BCUT2D eigenvalue weighted by atomic mass is 10.2. The maximum absolute atomic E-state index is 11.7. The molecule has 2 rings (SSSR count). The van der Waals surface area contributed by atoms with Crippen LogP contribution >= 0.6 is 11.6 Å². The highest BCUT2D eigenvalue weighted by molar-refractivity contribution is 6.30. The van der Waals surface area contributed by atoms with Crippen LogP contribution in [0, 0.1) is 6.92 Å². The number of phenols is 1. The Morgan fingerprint density at radius 1 is 1.29 bits per heavy atom. The molecule has 0 fully saturated rings. The SMILES string of the molecule is Cc1ccccc1NC(=O)NN=Cc1cc(Cl)ccc1O. The molecule has 2 aromatic rings. The van der Waals surface area contributed by atoms with E-state index in [4.69, 9.17) is 11.6 Å². The summed E-state index contributed by atoms with van der Waals surface area (Å²) in [6.07, 6.45) is 1.32. The topological polar surface area (TPSA) is 73.7 Å². The molecular formula is C15H14ClN3O2. The van der Waals surface area contributed by atoms with E-state index in [1.54, 1.807) is 18.2 Å². The van der Waals surface area contributed by atoms with Crippen LogP contribution in [0.5, 0.6) is 5.75 Å². The molecule has 0 spiro atoms. The van der Waals surface area contributed by atoms with Crippen molar-refractivity contribution in [3.8, 4) is 5.75 Å². The van der Waals surface area contributed by atoms with Gasteiger partial charge in [0, 0.05) is 16.3 Å². The molecule has 0 radical (unpaired) electrons. The van der Waals surface area contributed by atoms with Gasteiger partial charge in [-0.25, -0.2) is 10.2 Å². The van der Waals surface area contributed by atoms with Crippen molar-refractivity contribution in [3.63, 3.8) is 0 Å². The van der Waals surface area contributed by atoms with Gasteiger partial charge in [-0.15, -0.1) is 0 Å². The number of hydrazone groups is 1. The first-order valence-corrected chi connectivity index (χ1v) is 6.58. The summed E-state index contributed by atoms with van der Waals surface area (Å²) in [5.41, 5.74) is 4.39. The Hall–Kier alpha value is -2.53. The normalized spacial score (nSPS) is 10.6. The van der Waals surface area contributed by atoms with E-state index in [2.05, 4.69) is 15.8 Å². The van der Waals surface area contributed by atoms with Crippen LogP contribution in [0.3, 0.4) is 0 Å². The van der Waals surface area contributed by atoms with Gasteiger partial charge in [0.05, 0.1) is 6.21 Å². The summed E-state index contributed by atoms with van der Waals surface area (Å²) in [4.78, 5) is 11.7. The third kappa shape index (κ3) is 4.22. The zero-order valence-corrected chi connectivity index (χ0v) is 12.1. The van der Waals surface area contributed by atoms with E-state index < -0.39 is 6.03 Å². The molecule has 3 N–H and O–H groups in total. The van der Waals surface area contributed by atoms with Gasteiger partial charge in [-0.3, -0.25) is 0 Å². The summed E-state index contributed by atoms with van der Waals surface area (Å²) >= 11 is 5.81. The molecule has 0 saturated carbocycles. The van der Waals surface area contributed by atoms with Gasteiger partial charge in [-0.2, -0.15) is 5.10 Å². The summed E-state index contributed by atoms with van der Waals surface area (Å²) in [7, 11) is 0. The number of rotatable bonds is 3. The Labute approximate surface area is 127 Å². The van der Waals surface area contributed by atoms with Crippen LogP contribution in [0.15, 0.2) is 47.6 Å². The van der Waals surface area contributed by atoms with Crippen molar-refractivity contribution in [2.75, 3.05) is 5.32 Å². The number of para-hydroxylation sites is 1. The van der Waals surface area contributed by atoms with Crippen LogP contribution in [0.2, 0.25) is 5.02 Å². The molecule has 0 heterocycles. The van der Waals surface area contributed by atoms with Crippen LogP contribution in [0.1, 0.15) is 11.1 Å². The van der Waals surface area contributed by atoms with E-state index in [0.29, 0.717) is 16.3 Å². The number of carbonyl (C=O) groups excluding carboxylic acids is 1. The number of halogens is 1. The summed E-state index contributed by atoms with van der Waals surface area (Å²) in [6, 6.07) is 11.5. The number of aromatic hydroxyl groups is 1. The molecule has 0 aliphatic heterocycles. The van der Waals surface area contributed by atoms with Crippen LogP contribution in [-0.4, -0.2) is 17.4 Å². The molecule has 2 amide bonds. The highest BCUT2D eigenvalue weighted by atomic mass is 35.5. The highest BCUT2D eigenvalue weighted by Gasteiger charge is 2.02. The molecule has 2 aromatic carbocycles. The Morgan fingerprint density at radius 3 is 2.81 bits per heavy atom. The Balaban J connectivity index is 1.96. The van der Waals surface area contributed by atoms with Crippen molar-refractivity contribution in [1.82, 2.24) is 5.43 Å². The first kappa shape index (κ1) is 14.9. The number of hydrogen-bond donors (Lipinski definition) is 3. The van der Waals surface area contributed by atoms with Crippen LogP contribution in [-0.2, 0) is 0 Å². The van der Waals surface area contributed by atoms with Gasteiger partial charge in [0.2, 0.25) is 0 Å². The van der Waals surface area contributed by atoms with Crippen molar-refractivity contribution in [1.29, 1.82) is 0 Å². The molecule has 0 atom stereocenters. The number of benzene rings is 2. The molecule has 0 saturated heterocycles. The van der Waals surface area contributed by atoms with Crippen molar-refractivity contribution >= 4 is 29.5 Å². The quantitative estimate of drug-likeness (QED) is 0.599. The van der Waals surface area contributed by atoms with Crippen LogP contribution < -0.4 is 10.7 Å². The number of hydrogen-bond acceptors (Lipinski definition) is 3. The predicted molar refractivity (Wildman–Crippen MR) is 84.0 cm³/mol. The molecule has 0 aliphatic rings. The second-order valence-corrected chi connectivity index (χ2v) is 4.78. The molecule has 0 aromatic heterocycles. The average molecular weight is 304 g/mol. The lowest BCUT2D eigenvalue weighted by Gasteiger charge is -2.06. The second-order valence-electron chi connectivity index (χ2n) is 4.34. The van der Waals surface area contributed by atoms with Gasteiger partial charge in [-0.1, -0.05) is 29.8 Å². The largest absolute Gasteiger partial charge is 0.507 e. The van der Waals surface area contributed by atoms with E-state index in [-0.39, 0.29) is 5.75 Å². The fraction of sp³-hybridized carbons (Fsp3) is 0.0667. The summed E-state index contributed by atoms with van der Waals surface area (Å²) in [5, 5.41) is 16.5. The van der Waals surface area contributed by atoms with E-state index in [1.165, 1.54) is 12.3 Å². The van der Waals surface area contributed by atoms with E-state index in [9.17, 15) is 9.90 Å². The van der Waals surface area contributed by atoms with Gasteiger partial charge in [0.15, 0.2) is 0 Å². The standard InChI is InChI=1S/C15H14ClN3O2/c1-10-4-2-3-5-13(10)18-15(21)19-17-9-11-8-12(16)6-7-14(11)20/h2-9,20H,1H3,(H2,18,19,21). The first-order chi connectivity index (χ1) is 10.1. The maximum Gasteiger partial charge on any atom is 0.339 e. The zero-order valence-electron chi connectivity index (χ0n) is 11.3. The molecular weight excluding hydrogens is 290 g/mol. The lowest BCUT2D eigenvalue weighted by molar-refractivity contribution is 0.252. The number of nitrogens with one attached hydrogen (secondary N) is 2. The van der Waals surface area contributed by atoms with Gasteiger partial charge < -0.3 is 10.4 Å². The van der Waals surface area contributed by atoms with Gasteiger partial charge in [-0.05, 0) is 36.8 Å². The molecule has 21 heavy (non-hydrogen) atoms. The lowest BCUT2D eigenvalue weighted by Crippen LogP contribution is -2.24. The molecule has 0 aliphatic carbocycles. The third-order valence-electron chi connectivity index (χ3n) is 2.75. The van der Waals surface area contributed by atoms with Gasteiger partial charge >= 0.3 is 6.03 Å². The number of nitrogens with zero attached hydrogens (tertiary/aromatic N) is 1. The molecule has 0 bridgehead atoms. The Morgan fingerprint density at radius 2 is 2.05 bits per heavy atom. The minimum atomic E-state index is -0.470. The fourth-order valence-electron chi connectivity index (χ4n) is 1.65. The van der Waals surface area contributed by atoms with Crippen LogP contribution in [0.4, 0.5) is 10.5 Å². The molecule has 5 nitrogen and oxygen atoms in total. The third-order valence-corrected chi connectivity index (χ3v) is 2.99. The Kier molecular flexibility index (Phi) is 4.79. The predicted octanol–water partition coefficient (Wildman–Crippen LogP) is 3.51.